The van der Waals surface area contributed by atoms with Crippen molar-refractivity contribution in [2.24, 2.45) is 23.7 Å². The van der Waals surface area contributed by atoms with E-state index < -0.39 is 0 Å². The molecule has 1 N–H and O–H groups in total. The smallest absolute Gasteiger partial charge is 0.233 e. The number of fused-ring (bicyclic) bond motifs is 1. The van der Waals surface area contributed by atoms with Crippen LogP contribution in [0.15, 0.2) is 0 Å². The van der Waals surface area contributed by atoms with Crippen molar-refractivity contribution in [3.05, 3.63) is 0 Å². The topological polar surface area (TPSA) is 66.5 Å². The maximum absolute atomic E-state index is 12.9. The second-order valence-corrected chi connectivity index (χ2v) is 7.72. The molecule has 5 nitrogen and oxygen atoms in total. The highest BCUT2D eigenvalue weighted by Crippen LogP contribution is 2.43. The van der Waals surface area contributed by atoms with Gasteiger partial charge in [-0.2, -0.15) is 0 Å². The lowest BCUT2D eigenvalue weighted by Gasteiger charge is -2.39. The predicted octanol–water partition coefficient (Wildman–Crippen LogP) is 1.75. The van der Waals surface area contributed by atoms with E-state index in [0.29, 0.717) is 24.8 Å². The quantitative estimate of drug-likeness (QED) is 0.805. The predicted molar refractivity (Wildman–Crippen MR) is 86.5 cm³/mol. The van der Waals surface area contributed by atoms with E-state index in [9.17, 15) is 14.4 Å². The van der Waals surface area contributed by atoms with Crippen LogP contribution in [0.25, 0.3) is 0 Å². The molecular formula is C18H28N2O3. The van der Waals surface area contributed by atoms with Gasteiger partial charge in [-0.1, -0.05) is 6.92 Å². The highest BCUT2D eigenvalue weighted by Gasteiger charge is 2.53. The Morgan fingerprint density at radius 2 is 1.74 bits per heavy atom. The lowest BCUT2D eigenvalue weighted by atomic mass is 9.74. The largest absolute Gasteiger partial charge is 0.317 e. The van der Waals surface area contributed by atoms with Crippen LogP contribution in [0, 0.1) is 23.7 Å². The molecule has 3 rings (SSSR count). The van der Waals surface area contributed by atoms with Gasteiger partial charge in [0.2, 0.25) is 11.8 Å². The molecule has 6 unspecified atom stereocenters. The van der Waals surface area contributed by atoms with Gasteiger partial charge in [0.05, 0.1) is 11.8 Å². The van der Waals surface area contributed by atoms with Crippen LogP contribution < -0.4 is 5.32 Å². The minimum atomic E-state index is -0.257. The van der Waals surface area contributed by atoms with E-state index in [1.54, 1.807) is 11.8 Å². The molecule has 2 aliphatic carbocycles. The first-order chi connectivity index (χ1) is 10.9. The van der Waals surface area contributed by atoms with E-state index in [0.717, 1.165) is 25.7 Å². The van der Waals surface area contributed by atoms with Crippen LogP contribution in [0.5, 0.6) is 0 Å². The average molecular weight is 320 g/mol. The van der Waals surface area contributed by atoms with Crippen molar-refractivity contribution in [1.82, 2.24) is 10.2 Å². The molecule has 128 valence electrons. The zero-order valence-corrected chi connectivity index (χ0v) is 14.4. The average Bonchev–Trinajstić information content (AvgIpc) is 2.79. The second kappa shape index (κ2) is 6.34. The summed E-state index contributed by atoms with van der Waals surface area (Å²) in [6.07, 6.45) is 5.00. The number of ketones is 1. The van der Waals surface area contributed by atoms with Gasteiger partial charge < -0.3 is 5.32 Å². The molecule has 0 aromatic rings. The summed E-state index contributed by atoms with van der Waals surface area (Å²) in [5.74, 6) is 0.0456. The first kappa shape index (κ1) is 16.6. The van der Waals surface area contributed by atoms with Crippen molar-refractivity contribution in [2.45, 2.75) is 64.5 Å². The Morgan fingerprint density at radius 3 is 2.39 bits per heavy atom. The zero-order valence-electron chi connectivity index (χ0n) is 14.4. The van der Waals surface area contributed by atoms with Crippen LogP contribution in [-0.2, 0) is 14.4 Å². The van der Waals surface area contributed by atoms with Crippen LogP contribution in [0.2, 0.25) is 0 Å². The SMILES string of the molecule is CNC1CCC(C)C(N2C(=O)C3CCC(C(C)=O)CC3C2=O)C1. The summed E-state index contributed by atoms with van der Waals surface area (Å²) in [6.45, 7) is 3.75. The molecule has 6 atom stereocenters. The Balaban J connectivity index is 1.80. The number of imide groups is 1. The third kappa shape index (κ3) is 2.84. The molecule has 1 heterocycles. The Hall–Kier alpha value is -1.23. The van der Waals surface area contributed by atoms with Crippen molar-refractivity contribution >= 4 is 17.6 Å². The third-order valence-electron chi connectivity index (χ3n) is 6.43. The first-order valence-corrected chi connectivity index (χ1v) is 8.98. The number of likely N-dealkylation sites (tertiary alicyclic amines) is 1. The molecule has 5 heteroatoms. The summed E-state index contributed by atoms with van der Waals surface area (Å²) in [5.41, 5.74) is 0. The molecule has 2 saturated carbocycles. The number of hydrogen-bond acceptors (Lipinski definition) is 4. The Bertz CT molecular complexity index is 518. The van der Waals surface area contributed by atoms with Crippen LogP contribution in [-0.4, -0.2) is 41.6 Å². The highest BCUT2D eigenvalue weighted by atomic mass is 16.2. The van der Waals surface area contributed by atoms with Crippen LogP contribution in [0.3, 0.4) is 0 Å². The van der Waals surface area contributed by atoms with E-state index in [-0.39, 0.29) is 41.4 Å². The van der Waals surface area contributed by atoms with Crippen molar-refractivity contribution < 1.29 is 14.4 Å². The van der Waals surface area contributed by atoms with Gasteiger partial charge in [0.25, 0.3) is 0 Å². The Labute approximate surface area is 138 Å². The minimum absolute atomic E-state index is 0.0143. The van der Waals surface area contributed by atoms with E-state index in [4.69, 9.17) is 0 Å². The standard InChI is InChI=1S/C18H28N2O3/c1-10-4-6-13(19-3)9-16(10)20-17(22)14-7-5-12(11(2)21)8-15(14)18(20)23/h10,12-16,19H,4-9H2,1-3H3. The molecule has 2 amide bonds. The van der Waals surface area contributed by atoms with Gasteiger partial charge in [-0.05, 0) is 58.4 Å². The van der Waals surface area contributed by atoms with Crippen molar-refractivity contribution in [3.63, 3.8) is 0 Å². The van der Waals surface area contributed by atoms with Crippen LogP contribution in [0.1, 0.15) is 52.4 Å². The number of carbonyl (C=O) groups is 3. The van der Waals surface area contributed by atoms with Gasteiger partial charge in [-0.15, -0.1) is 0 Å². The van der Waals surface area contributed by atoms with Crippen molar-refractivity contribution in [2.75, 3.05) is 7.05 Å². The van der Waals surface area contributed by atoms with Crippen LogP contribution >= 0.6 is 0 Å². The summed E-state index contributed by atoms with van der Waals surface area (Å²) in [4.78, 5) is 39.1. The van der Waals surface area contributed by atoms with E-state index in [2.05, 4.69) is 12.2 Å². The van der Waals surface area contributed by atoms with Gasteiger partial charge in [0, 0.05) is 18.0 Å². The maximum atomic E-state index is 12.9. The summed E-state index contributed by atoms with van der Waals surface area (Å²) in [6, 6.07) is 0.395. The maximum Gasteiger partial charge on any atom is 0.233 e. The lowest BCUT2D eigenvalue weighted by Crippen LogP contribution is -2.50. The van der Waals surface area contributed by atoms with E-state index in [1.807, 2.05) is 7.05 Å². The van der Waals surface area contributed by atoms with Crippen LogP contribution in [0.4, 0.5) is 0 Å². The molecule has 0 aromatic carbocycles. The highest BCUT2D eigenvalue weighted by molar-refractivity contribution is 6.05. The van der Waals surface area contributed by atoms with Gasteiger partial charge in [0.1, 0.15) is 5.78 Å². The van der Waals surface area contributed by atoms with E-state index in [1.165, 1.54) is 0 Å². The summed E-state index contributed by atoms with van der Waals surface area (Å²) in [5, 5.41) is 3.30. The number of rotatable bonds is 3. The van der Waals surface area contributed by atoms with Gasteiger partial charge in [-0.3, -0.25) is 19.3 Å². The summed E-state index contributed by atoms with van der Waals surface area (Å²) >= 11 is 0. The number of nitrogens with zero attached hydrogens (tertiary/aromatic N) is 1. The number of Topliss-reactive ketones (excluding diaryl/α,β-unsaturated/α-hetero) is 1. The van der Waals surface area contributed by atoms with Gasteiger partial charge >= 0.3 is 0 Å². The summed E-state index contributed by atoms with van der Waals surface area (Å²) in [7, 11) is 1.95. The molecule has 0 aromatic heterocycles. The third-order valence-corrected chi connectivity index (χ3v) is 6.43. The van der Waals surface area contributed by atoms with Gasteiger partial charge in [-0.25, -0.2) is 0 Å². The van der Waals surface area contributed by atoms with E-state index >= 15 is 0 Å². The van der Waals surface area contributed by atoms with Gasteiger partial charge in [0.15, 0.2) is 0 Å². The Kier molecular flexibility index (Phi) is 4.59. The monoisotopic (exact) mass is 320 g/mol. The fourth-order valence-electron chi connectivity index (χ4n) is 4.82. The number of nitrogens with one attached hydrogen (secondary N) is 1. The fourth-order valence-corrected chi connectivity index (χ4v) is 4.82. The summed E-state index contributed by atoms with van der Waals surface area (Å²) < 4.78 is 0. The fraction of sp³-hybridized carbons (Fsp3) is 0.833. The van der Waals surface area contributed by atoms with Crippen molar-refractivity contribution in [3.8, 4) is 0 Å². The molecule has 0 radical (unpaired) electrons. The number of amides is 2. The molecular weight excluding hydrogens is 292 g/mol. The molecule has 0 bridgehead atoms. The first-order valence-electron chi connectivity index (χ1n) is 8.98. The molecule has 3 aliphatic rings. The zero-order chi connectivity index (χ0) is 16.7. The Morgan fingerprint density at radius 1 is 1.04 bits per heavy atom. The number of carbonyl (C=O) groups excluding carboxylic acids is 3. The normalized spacial score (nSPS) is 41.1. The molecule has 23 heavy (non-hydrogen) atoms. The molecule has 1 aliphatic heterocycles. The van der Waals surface area contributed by atoms with Crippen molar-refractivity contribution in [1.29, 1.82) is 0 Å². The molecule has 3 fully saturated rings. The molecule has 1 saturated heterocycles. The second-order valence-electron chi connectivity index (χ2n) is 7.72. The lowest BCUT2D eigenvalue weighted by molar-refractivity contribution is -0.144. The number of hydrogen-bond donors (Lipinski definition) is 1. The molecule has 0 spiro atoms. The minimum Gasteiger partial charge on any atom is -0.317 e.